The van der Waals surface area contributed by atoms with E-state index >= 15 is 0 Å². The zero-order chi connectivity index (χ0) is 11.8. The summed E-state index contributed by atoms with van der Waals surface area (Å²) in [6, 6.07) is 3.55. The normalized spacial score (nSPS) is 11.9. The van der Waals surface area contributed by atoms with Crippen LogP contribution < -0.4 is 11.0 Å². The Bertz CT molecular complexity index is 548. The maximum Gasteiger partial charge on any atom is 0.364 e. The van der Waals surface area contributed by atoms with Crippen molar-refractivity contribution in [1.29, 1.82) is 0 Å². The van der Waals surface area contributed by atoms with Crippen LogP contribution in [0.25, 0.3) is 5.65 Å². The molecule has 0 atom stereocenters. The van der Waals surface area contributed by atoms with Crippen molar-refractivity contribution in [2.75, 3.05) is 11.9 Å². The minimum Gasteiger partial charge on any atom is -0.368 e. The van der Waals surface area contributed by atoms with Crippen LogP contribution in [0.5, 0.6) is 0 Å². The SMILES string of the molecule is CC(C)(C)CNc1ccc2n[nH]c(=O)n2n1. The van der Waals surface area contributed by atoms with Gasteiger partial charge in [-0.05, 0) is 17.5 Å². The zero-order valence-electron chi connectivity index (χ0n) is 9.61. The number of rotatable bonds is 2. The van der Waals surface area contributed by atoms with Gasteiger partial charge in [-0.15, -0.1) is 5.10 Å². The van der Waals surface area contributed by atoms with Gasteiger partial charge in [-0.2, -0.15) is 9.61 Å². The van der Waals surface area contributed by atoms with Crippen molar-refractivity contribution in [1.82, 2.24) is 19.8 Å². The molecule has 86 valence electrons. The number of nitrogens with one attached hydrogen (secondary N) is 2. The highest BCUT2D eigenvalue weighted by Crippen LogP contribution is 2.13. The Morgan fingerprint density at radius 1 is 1.44 bits per heavy atom. The summed E-state index contributed by atoms with van der Waals surface area (Å²) in [5.41, 5.74) is 0.360. The predicted molar refractivity (Wildman–Crippen MR) is 61.6 cm³/mol. The lowest BCUT2D eigenvalue weighted by atomic mass is 9.97. The van der Waals surface area contributed by atoms with Gasteiger partial charge in [0.1, 0.15) is 5.82 Å². The smallest absolute Gasteiger partial charge is 0.364 e. The Kier molecular flexibility index (Phi) is 2.41. The Morgan fingerprint density at radius 3 is 2.88 bits per heavy atom. The molecule has 0 amide bonds. The lowest BCUT2D eigenvalue weighted by Crippen LogP contribution is -2.21. The van der Waals surface area contributed by atoms with Gasteiger partial charge in [0.2, 0.25) is 0 Å². The molecular formula is C10H15N5O. The number of H-pyrrole nitrogens is 1. The Morgan fingerprint density at radius 2 is 2.19 bits per heavy atom. The molecule has 0 aliphatic rings. The second-order valence-corrected chi connectivity index (χ2v) is 4.93. The summed E-state index contributed by atoms with van der Waals surface area (Å²) < 4.78 is 1.24. The molecule has 0 saturated carbocycles. The van der Waals surface area contributed by atoms with Crippen LogP contribution in [0.15, 0.2) is 16.9 Å². The van der Waals surface area contributed by atoms with E-state index in [1.54, 1.807) is 12.1 Å². The monoisotopic (exact) mass is 221 g/mol. The Hall–Kier alpha value is -1.85. The minimum absolute atomic E-state index is 0.165. The summed E-state index contributed by atoms with van der Waals surface area (Å²) in [5, 5.41) is 13.5. The van der Waals surface area contributed by atoms with Crippen LogP contribution in [-0.4, -0.2) is 26.4 Å². The Balaban J connectivity index is 2.26. The molecule has 0 saturated heterocycles. The highest BCUT2D eigenvalue weighted by Gasteiger charge is 2.10. The van der Waals surface area contributed by atoms with Crippen LogP contribution >= 0.6 is 0 Å². The van der Waals surface area contributed by atoms with Crippen molar-refractivity contribution < 1.29 is 0 Å². The summed E-state index contributed by atoms with van der Waals surface area (Å²) in [6.07, 6.45) is 0. The molecule has 0 spiro atoms. The highest BCUT2D eigenvalue weighted by atomic mass is 16.2. The van der Waals surface area contributed by atoms with E-state index in [1.807, 2.05) is 0 Å². The van der Waals surface area contributed by atoms with Gasteiger partial charge in [0.05, 0.1) is 0 Å². The van der Waals surface area contributed by atoms with Crippen LogP contribution in [0, 0.1) is 5.41 Å². The number of aromatic nitrogens is 4. The molecule has 0 fully saturated rings. The maximum absolute atomic E-state index is 11.3. The average molecular weight is 221 g/mol. The molecule has 16 heavy (non-hydrogen) atoms. The number of nitrogens with zero attached hydrogens (tertiary/aromatic N) is 3. The average Bonchev–Trinajstić information content (AvgIpc) is 2.56. The van der Waals surface area contributed by atoms with Gasteiger partial charge in [0.15, 0.2) is 5.65 Å². The molecule has 0 aliphatic carbocycles. The van der Waals surface area contributed by atoms with E-state index in [4.69, 9.17) is 0 Å². The number of hydrogen-bond donors (Lipinski definition) is 2. The fourth-order valence-corrected chi connectivity index (χ4v) is 1.25. The predicted octanol–water partition coefficient (Wildman–Crippen LogP) is 0.876. The number of hydrogen-bond acceptors (Lipinski definition) is 4. The third kappa shape index (κ3) is 2.21. The molecule has 2 N–H and O–H groups in total. The molecular weight excluding hydrogens is 206 g/mol. The molecule has 2 aromatic rings. The Labute approximate surface area is 92.7 Å². The van der Waals surface area contributed by atoms with E-state index in [-0.39, 0.29) is 11.1 Å². The molecule has 2 aromatic heterocycles. The topological polar surface area (TPSA) is 75.1 Å². The minimum atomic E-state index is -0.325. The lowest BCUT2D eigenvalue weighted by Gasteiger charge is -2.18. The number of anilines is 1. The van der Waals surface area contributed by atoms with Gasteiger partial charge in [-0.3, -0.25) is 0 Å². The maximum atomic E-state index is 11.3. The van der Waals surface area contributed by atoms with Gasteiger partial charge >= 0.3 is 5.69 Å². The summed E-state index contributed by atoms with van der Waals surface area (Å²) in [4.78, 5) is 11.3. The van der Waals surface area contributed by atoms with Crippen LogP contribution in [0.1, 0.15) is 20.8 Å². The fourth-order valence-electron chi connectivity index (χ4n) is 1.25. The van der Waals surface area contributed by atoms with E-state index in [9.17, 15) is 4.79 Å². The van der Waals surface area contributed by atoms with E-state index < -0.39 is 0 Å². The second-order valence-electron chi connectivity index (χ2n) is 4.93. The molecule has 6 heteroatoms. The molecule has 0 aromatic carbocycles. The van der Waals surface area contributed by atoms with Crippen LogP contribution in [0.2, 0.25) is 0 Å². The van der Waals surface area contributed by atoms with E-state index in [1.165, 1.54) is 4.52 Å². The van der Waals surface area contributed by atoms with Gasteiger partial charge in [0.25, 0.3) is 0 Å². The summed E-state index contributed by atoms with van der Waals surface area (Å²) in [6.45, 7) is 7.17. The van der Waals surface area contributed by atoms with Crippen molar-refractivity contribution >= 4 is 11.5 Å². The first kappa shape index (κ1) is 10.7. The quantitative estimate of drug-likeness (QED) is 0.789. The summed E-state index contributed by atoms with van der Waals surface area (Å²) in [5.74, 6) is 0.672. The van der Waals surface area contributed by atoms with Gasteiger partial charge < -0.3 is 5.32 Å². The number of aromatic amines is 1. The third-order valence-corrected chi connectivity index (χ3v) is 2.07. The first-order chi connectivity index (χ1) is 7.46. The van der Waals surface area contributed by atoms with Crippen LogP contribution in [-0.2, 0) is 0 Å². The zero-order valence-corrected chi connectivity index (χ0v) is 9.61. The third-order valence-electron chi connectivity index (χ3n) is 2.07. The van der Waals surface area contributed by atoms with E-state index in [0.29, 0.717) is 11.5 Å². The molecule has 2 rings (SSSR count). The van der Waals surface area contributed by atoms with Gasteiger partial charge in [-0.25, -0.2) is 9.89 Å². The molecule has 6 nitrogen and oxygen atoms in total. The summed E-state index contributed by atoms with van der Waals surface area (Å²) >= 11 is 0. The largest absolute Gasteiger partial charge is 0.368 e. The molecule has 0 unspecified atom stereocenters. The van der Waals surface area contributed by atoms with Crippen molar-refractivity contribution in [3.05, 3.63) is 22.6 Å². The van der Waals surface area contributed by atoms with Crippen molar-refractivity contribution in [3.8, 4) is 0 Å². The van der Waals surface area contributed by atoms with Gasteiger partial charge in [-0.1, -0.05) is 20.8 Å². The first-order valence-electron chi connectivity index (χ1n) is 5.14. The van der Waals surface area contributed by atoms with Crippen LogP contribution in [0.4, 0.5) is 5.82 Å². The van der Waals surface area contributed by atoms with Gasteiger partial charge in [0, 0.05) is 6.54 Å². The number of fused-ring (bicyclic) bond motifs is 1. The summed E-state index contributed by atoms with van der Waals surface area (Å²) in [7, 11) is 0. The first-order valence-corrected chi connectivity index (χ1v) is 5.14. The van der Waals surface area contributed by atoms with Crippen molar-refractivity contribution in [2.45, 2.75) is 20.8 Å². The second kappa shape index (κ2) is 3.62. The molecule has 2 heterocycles. The van der Waals surface area contributed by atoms with E-state index in [2.05, 4.69) is 41.4 Å². The molecule has 0 bridgehead atoms. The molecule has 0 aliphatic heterocycles. The molecule has 0 radical (unpaired) electrons. The fraction of sp³-hybridized carbons (Fsp3) is 0.500. The lowest BCUT2D eigenvalue weighted by molar-refractivity contribution is 0.442. The van der Waals surface area contributed by atoms with Crippen molar-refractivity contribution in [3.63, 3.8) is 0 Å². The van der Waals surface area contributed by atoms with Crippen molar-refractivity contribution in [2.24, 2.45) is 5.41 Å². The van der Waals surface area contributed by atoms with E-state index in [0.717, 1.165) is 6.54 Å². The standard InChI is InChI=1S/C10H15N5O/c1-10(2,3)6-11-7-4-5-8-12-13-9(16)15(8)14-7/h4-5H,6H2,1-3H3,(H,11,14)(H,13,16). The van der Waals surface area contributed by atoms with Crippen LogP contribution in [0.3, 0.4) is 0 Å². The highest BCUT2D eigenvalue weighted by molar-refractivity contribution is 5.42.